The summed E-state index contributed by atoms with van der Waals surface area (Å²) in [6.07, 6.45) is 2.26. The molecule has 0 saturated carbocycles. The first kappa shape index (κ1) is 12.8. The summed E-state index contributed by atoms with van der Waals surface area (Å²) in [7, 11) is 0. The maximum absolute atomic E-state index is 6.03. The van der Waals surface area contributed by atoms with Crippen molar-refractivity contribution in [1.82, 2.24) is 10.2 Å². The SMILES string of the molecule is CCCCNc1cc(-c2ccccc2)nnc1Cl. The quantitative estimate of drug-likeness (QED) is 0.827. The van der Waals surface area contributed by atoms with Gasteiger partial charge >= 0.3 is 0 Å². The average molecular weight is 262 g/mol. The Morgan fingerprint density at radius 3 is 2.67 bits per heavy atom. The highest BCUT2D eigenvalue weighted by Crippen LogP contribution is 2.24. The molecule has 1 aromatic heterocycles. The van der Waals surface area contributed by atoms with Crippen molar-refractivity contribution in [1.29, 1.82) is 0 Å². The van der Waals surface area contributed by atoms with Crippen LogP contribution in [-0.2, 0) is 0 Å². The van der Waals surface area contributed by atoms with Crippen LogP contribution in [0.5, 0.6) is 0 Å². The number of benzene rings is 1. The molecular weight excluding hydrogens is 246 g/mol. The Balaban J connectivity index is 2.21. The van der Waals surface area contributed by atoms with Gasteiger partial charge < -0.3 is 5.32 Å². The van der Waals surface area contributed by atoms with E-state index in [-0.39, 0.29) is 0 Å². The maximum atomic E-state index is 6.03. The van der Waals surface area contributed by atoms with Gasteiger partial charge in [0.2, 0.25) is 0 Å². The third kappa shape index (κ3) is 3.20. The summed E-state index contributed by atoms with van der Waals surface area (Å²) in [6, 6.07) is 11.9. The van der Waals surface area contributed by atoms with Crippen LogP contribution < -0.4 is 5.32 Å². The summed E-state index contributed by atoms with van der Waals surface area (Å²) in [5, 5.41) is 11.8. The van der Waals surface area contributed by atoms with Gasteiger partial charge in [0, 0.05) is 12.1 Å². The molecule has 0 aliphatic carbocycles. The lowest BCUT2D eigenvalue weighted by Gasteiger charge is -2.08. The van der Waals surface area contributed by atoms with Gasteiger partial charge in [0.1, 0.15) is 0 Å². The Labute approximate surface area is 112 Å². The van der Waals surface area contributed by atoms with Gasteiger partial charge in [-0.15, -0.1) is 10.2 Å². The van der Waals surface area contributed by atoms with E-state index < -0.39 is 0 Å². The predicted molar refractivity (Wildman–Crippen MR) is 75.9 cm³/mol. The van der Waals surface area contributed by atoms with Gasteiger partial charge in [-0.25, -0.2) is 0 Å². The Kier molecular flexibility index (Phi) is 4.53. The zero-order valence-electron chi connectivity index (χ0n) is 10.4. The molecule has 0 unspecified atom stereocenters. The van der Waals surface area contributed by atoms with Crippen LogP contribution in [0.1, 0.15) is 19.8 Å². The van der Waals surface area contributed by atoms with Crippen LogP contribution in [0.15, 0.2) is 36.4 Å². The third-order valence-corrected chi connectivity index (χ3v) is 2.94. The van der Waals surface area contributed by atoms with E-state index in [1.807, 2.05) is 36.4 Å². The number of nitrogens with zero attached hydrogens (tertiary/aromatic N) is 2. The molecular formula is C14H16ClN3. The average Bonchev–Trinajstić information content (AvgIpc) is 2.42. The number of rotatable bonds is 5. The number of halogens is 1. The van der Waals surface area contributed by atoms with Crippen LogP contribution in [0.25, 0.3) is 11.3 Å². The molecule has 94 valence electrons. The lowest BCUT2D eigenvalue weighted by Crippen LogP contribution is -2.03. The van der Waals surface area contributed by atoms with E-state index in [1.165, 1.54) is 0 Å². The molecule has 0 radical (unpaired) electrons. The summed E-state index contributed by atoms with van der Waals surface area (Å²) in [4.78, 5) is 0. The van der Waals surface area contributed by atoms with E-state index in [4.69, 9.17) is 11.6 Å². The molecule has 2 aromatic rings. The van der Waals surface area contributed by atoms with E-state index in [0.29, 0.717) is 5.15 Å². The Bertz CT molecular complexity index is 500. The molecule has 1 heterocycles. The number of anilines is 1. The van der Waals surface area contributed by atoms with E-state index in [0.717, 1.165) is 36.3 Å². The van der Waals surface area contributed by atoms with Crippen molar-refractivity contribution in [2.75, 3.05) is 11.9 Å². The maximum Gasteiger partial charge on any atom is 0.174 e. The summed E-state index contributed by atoms with van der Waals surface area (Å²) in [6.45, 7) is 3.06. The number of nitrogens with one attached hydrogen (secondary N) is 1. The van der Waals surface area contributed by atoms with Gasteiger partial charge in [-0.3, -0.25) is 0 Å². The summed E-state index contributed by atoms with van der Waals surface area (Å²) < 4.78 is 0. The van der Waals surface area contributed by atoms with Crippen LogP contribution in [0.2, 0.25) is 5.15 Å². The highest BCUT2D eigenvalue weighted by Gasteiger charge is 2.06. The molecule has 0 aliphatic rings. The lowest BCUT2D eigenvalue weighted by molar-refractivity contribution is 0.833. The molecule has 0 fully saturated rings. The van der Waals surface area contributed by atoms with Gasteiger partial charge in [0.05, 0.1) is 11.4 Å². The van der Waals surface area contributed by atoms with Gasteiger partial charge in [0.15, 0.2) is 5.15 Å². The summed E-state index contributed by atoms with van der Waals surface area (Å²) in [5.74, 6) is 0. The van der Waals surface area contributed by atoms with Crippen molar-refractivity contribution < 1.29 is 0 Å². The molecule has 1 aromatic carbocycles. The van der Waals surface area contributed by atoms with E-state index >= 15 is 0 Å². The zero-order valence-corrected chi connectivity index (χ0v) is 11.1. The minimum Gasteiger partial charge on any atom is -0.382 e. The fourth-order valence-electron chi connectivity index (χ4n) is 1.65. The van der Waals surface area contributed by atoms with E-state index in [9.17, 15) is 0 Å². The molecule has 0 bridgehead atoms. The first-order valence-corrected chi connectivity index (χ1v) is 6.51. The Hall–Kier alpha value is -1.61. The summed E-state index contributed by atoms with van der Waals surface area (Å²) >= 11 is 6.03. The molecule has 3 nitrogen and oxygen atoms in total. The van der Waals surface area contributed by atoms with Crippen LogP contribution in [0.4, 0.5) is 5.69 Å². The Morgan fingerprint density at radius 2 is 1.94 bits per heavy atom. The van der Waals surface area contributed by atoms with E-state index in [2.05, 4.69) is 22.4 Å². The van der Waals surface area contributed by atoms with Crippen molar-refractivity contribution in [3.63, 3.8) is 0 Å². The number of hydrogen-bond donors (Lipinski definition) is 1. The topological polar surface area (TPSA) is 37.8 Å². The highest BCUT2D eigenvalue weighted by molar-refractivity contribution is 6.31. The van der Waals surface area contributed by atoms with E-state index in [1.54, 1.807) is 0 Å². The molecule has 1 N–H and O–H groups in total. The largest absolute Gasteiger partial charge is 0.382 e. The van der Waals surface area contributed by atoms with Crippen molar-refractivity contribution in [3.8, 4) is 11.3 Å². The Morgan fingerprint density at radius 1 is 1.17 bits per heavy atom. The van der Waals surface area contributed by atoms with Gasteiger partial charge in [0.25, 0.3) is 0 Å². The highest BCUT2D eigenvalue weighted by atomic mass is 35.5. The standard InChI is InChI=1S/C14H16ClN3/c1-2-3-9-16-13-10-12(17-18-14(13)15)11-7-5-4-6-8-11/h4-8,10H,2-3,9H2,1H3,(H,16,17). The second-order valence-electron chi connectivity index (χ2n) is 4.08. The molecule has 0 aliphatic heterocycles. The van der Waals surface area contributed by atoms with Crippen LogP contribution in [0.3, 0.4) is 0 Å². The van der Waals surface area contributed by atoms with Crippen molar-refractivity contribution in [2.24, 2.45) is 0 Å². The molecule has 0 saturated heterocycles. The minimum absolute atomic E-state index is 0.422. The normalized spacial score (nSPS) is 10.3. The van der Waals surface area contributed by atoms with Crippen molar-refractivity contribution in [2.45, 2.75) is 19.8 Å². The van der Waals surface area contributed by atoms with Gasteiger partial charge in [-0.2, -0.15) is 0 Å². The van der Waals surface area contributed by atoms with Crippen LogP contribution in [-0.4, -0.2) is 16.7 Å². The van der Waals surface area contributed by atoms with Crippen molar-refractivity contribution in [3.05, 3.63) is 41.6 Å². The number of aromatic nitrogens is 2. The first-order chi connectivity index (χ1) is 8.81. The van der Waals surface area contributed by atoms with Crippen LogP contribution >= 0.6 is 11.6 Å². The molecule has 4 heteroatoms. The number of unbranched alkanes of at least 4 members (excludes halogenated alkanes) is 1. The number of hydrogen-bond acceptors (Lipinski definition) is 3. The predicted octanol–water partition coefficient (Wildman–Crippen LogP) is 4.01. The molecule has 18 heavy (non-hydrogen) atoms. The monoisotopic (exact) mass is 261 g/mol. The fourth-order valence-corrected chi connectivity index (χ4v) is 1.81. The van der Waals surface area contributed by atoms with Gasteiger partial charge in [-0.1, -0.05) is 55.3 Å². The molecule has 0 amide bonds. The van der Waals surface area contributed by atoms with Gasteiger partial charge in [-0.05, 0) is 12.5 Å². The van der Waals surface area contributed by atoms with Crippen molar-refractivity contribution >= 4 is 17.3 Å². The first-order valence-electron chi connectivity index (χ1n) is 6.13. The second-order valence-corrected chi connectivity index (χ2v) is 4.44. The summed E-state index contributed by atoms with van der Waals surface area (Å²) in [5.41, 5.74) is 2.72. The molecule has 0 spiro atoms. The third-order valence-electron chi connectivity index (χ3n) is 2.66. The minimum atomic E-state index is 0.422. The fraction of sp³-hybridized carbons (Fsp3) is 0.286. The second kappa shape index (κ2) is 6.36. The van der Waals surface area contributed by atoms with Crippen LogP contribution in [0, 0.1) is 0 Å². The molecule has 0 atom stereocenters. The zero-order chi connectivity index (χ0) is 12.8. The lowest BCUT2D eigenvalue weighted by atomic mass is 10.1. The smallest absolute Gasteiger partial charge is 0.174 e. The molecule has 2 rings (SSSR count).